The Kier molecular flexibility index (Phi) is 5.38. The number of hydrogen-bond donors (Lipinski definition) is 0. The summed E-state index contributed by atoms with van der Waals surface area (Å²) in [6, 6.07) is 14.4. The first kappa shape index (κ1) is 19.6. The van der Waals surface area contributed by atoms with Gasteiger partial charge in [-0.25, -0.2) is 8.42 Å². The summed E-state index contributed by atoms with van der Waals surface area (Å²) in [6.45, 7) is 2.75. The van der Waals surface area contributed by atoms with Crippen LogP contribution >= 0.6 is 0 Å². The summed E-state index contributed by atoms with van der Waals surface area (Å²) in [7, 11) is -1.94. The first-order valence-electron chi connectivity index (χ1n) is 9.52. The molecule has 29 heavy (non-hydrogen) atoms. The standard InChI is InChI=1S/C21H23N3O4S/c1-15-8-10-19(11-9-15)29(25,26)24-12-4-6-17(14-24)21-22-20(23-28-21)16-5-3-7-18(13-16)27-2/h3,5,7-11,13,17H,4,6,12,14H2,1-2H3/t17-/m0/s1. The maximum atomic E-state index is 13.0. The fourth-order valence-corrected chi connectivity index (χ4v) is 5.03. The van der Waals surface area contributed by atoms with Crippen molar-refractivity contribution in [3.63, 3.8) is 0 Å². The average Bonchev–Trinajstić information content (AvgIpc) is 3.25. The van der Waals surface area contributed by atoms with Crippen molar-refractivity contribution >= 4 is 10.0 Å². The minimum Gasteiger partial charge on any atom is -0.497 e. The molecule has 8 heteroatoms. The number of rotatable bonds is 5. The molecular formula is C21H23N3O4S. The highest BCUT2D eigenvalue weighted by Gasteiger charge is 2.33. The first-order valence-corrected chi connectivity index (χ1v) is 11.0. The van der Waals surface area contributed by atoms with Gasteiger partial charge in [0.1, 0.15) is 5.75 Å². The van der Waals surface area contributed by atoms with E-state index in [1.165, 1.54) is 4.31 Å². The fraction of sp³-hybridized carbons (Fsp3) is 0.333. The molecule has 1 fully saturated rings. The van der Waals surface area contributed by atoms with Gasteiger partial charge in [-0.3, -0.25) is 0 Å². The molecule has 1 atom stereocenters. The van der Waals surface area contributed by atoms with Crippen LogP contribution in [0.25, 0.3) is 11.4 Å². The number of benzene rings is 2. The van der Waals surface area contributed by atoms with Gasteiger partial charge in [0.05, 0.1) is 17.9 Å². The summed E-state index contributed by atoms with van der Waals surface area (Å²) in [5.41, 5.74) is 1.82. The van der Waals surface area contributed by atoms with Crippen LogP contribution in [0.3, 0.4) is 0 Å². The van der Waals surface area contributed by atoms with Crippen molar-refractivity contribution in [2.75, 3.05) is 20.2 Å². The first-order chi connectivity index (χ1) is 14.0. The zero-order valence-electron chi connectivity index (χ0n) is 16.4. The summed E-state index contributed by atoms with van der Waals surface area (Å²) in [4.78, 5) is 4.84. The molecule has 2 aromatic carbocycles. The molecule has 0 bridgehead atoms. The van der Waals surface area contributed by atoms with Crippen molar-refractivity contribution in [2.45, 2.75) is 30.6 Å². The van der Waals surface area contributed by atoms with Gasteiger partial charge in [-0.15, -0.1) is 0 Å². The zero-order chi connectivity index (χ0) is 20.4. The molecule has 1 aliphatic rings. The molecule has 0 amide bonds. The summed E-state index contributed by atoms with van der Waals surface area (Å²) in [5, 5.41) is 4.08. The Morgan fingerprint density at radius 2 is 1.97 bits per heavy atom. The van der Waals surface area contributed by atoms with Crippen molar-refractivity contribution in [3.8, 4) is 17.1 Å². The molecule has 1 aromatic heterocycles. The van der Waals surface area contributed by atoms with E-state index in [0.29, 0.717) is 35.4 Å². The largest absolute Gasteiger partial charge is 0.497 e. The van der Waals surface area contributed by atoms with Crippen LogP contribution in [0.1, 0.15) is 30.2 Å². The van der Waals surface area contributed by atoms with Gasteiger partial charge in [0.15, 0.2) is 0 Å². The number of aryl methyl sites for hydroxylation is 1. The van der Waals surface area contributed by atoms with Crippen LogP contribution in [0.5, 0.6) is 5.75 Å². The quantitative estimate of drug-likeness (QED) is 0.635. The lowest BCUT2D eigenvalue weighted by molar-refractivity contribution is 0.265. The van der Waals surface area contributed by atoms with Crippen LogP contribution in [-0.4, -0.2) is 43.1 Å². The zero-order valence-corrected chi connectivity index (χ0v) is 17.2. The van der Waals surface area contributed by atoms with Gasteiger partial charge < -0.3 is 9.26 Å². The average molecular weight is 413 g/mol. The highest BCUT2D eigenvalue weighted by Crippen LogP contribution is 2.31. The predicted molar refractivity (Wildman–Crippen MR) is 108 cm³/mol. The van der Waals surface area contributed by atoms with E-state index < -0.39 is 10.0 Å². The van der Waals surface area contributed by atoms with Crippen molar-refractivity contribution < 1.29 is 17.7 Å². The van der Waals surface area contributed by atoms with E-state index in [4.69, 9.17) is 9.26 Å². The van der Waals surface area contributed by atoms with Crippen LogP contribution in [0, 0.1) is 6.92 Å². The lowest BCUT2D eigenvalue weighted by atomic mass is 10.00. The summed E-state index contributed by atoms with van der Waals surface area (Å²) in [6.07, 6.45) is 1.55. The Hall–Kier alpha value is -2.71. The normalized spacial score (nSPS) is 17.9. The van der Waals surface area contributed by atoms with E-state index in [1.807, 2.05) is 43.3 Å². The topological polar surface area (TPSA) is 85.5 Å². The second-order valence-corrected chi connectivity index (χ2v) is 9.14. The van der Waals surface area contributed by atoms with Gasteiger partial charge in [0.25, 0.3) is 0 Å². The summed E-state index contributed by atoms with van der Waals surface area (Å²) >= 11 is 0. The molecule has 0 radical (unpaired) electrons. The predicted octanol–water partition coefficient (Wildman–Crippen LogP) is 3.62. The van der Waals surface area contributed by atoms with Crippen molar-refractivity contribution in [2.24, 2.45) is 0 Å². The van der Waals surface area contributed by atoms with E-state index in [1.54, 1.807) is 19.2 Å². The molecule has 0 spiro atoms. The van der Waals surface area contributed by atoms with Crippen molar-refractivity contribution in [1.29, 1.82) is 0 Å². The number of nitrogens with zero attached hydrogens (tertiary/aromatic N) is 3. The van der Waals surface area contributed by atoms with Gasteiger partial charge in [0.2, 0.25) is 21.7 Å². The molecule has 0 aliphatic carbocycles. The molecule has 0 N–H and O–H groups in total. The molecule has 2 heterocycles. The number of sulfonamides is 1. The van der Waals surface area contributed by atoms with E-state index >= 15 is 0 Å². The maximum absolute atomic E-state index is 13.0. The minimum atomic E-state index is -3.55. The van der Waals surface area contributed by atoms with Gasteiger partial charge in [-0.05, 0) is 44.0 Å². The molecule has 0 saturated carbocycles. The van der Waals surface area contributed by atoms with Gasteiger partial charge in [0, 0.05) is 18.7 Å². The SMILES string of the molecule is COc1cccc(-c2noc([C@H]3CCCN(S(=O)(=O)c4ccc(C)cc4)C3)n2)c1. The number of piperidine rings is 1. The third-order valence-corrected chi connectivity index (χ3v) is 7.04. The van der Waals surface area contributed by atoms with Crippen LogP contribution in [0.15, 0.2) is 57.9 Å². The van der Waals surface area contributed by atoms with E-state index in [9.17, 15) is 8.42 Å². The van der Waals surface area contributed by atoms with E-state index in [2.05, 4.69) is 10.1 Å². The number of aromatic nitrogens is 2. The summed E-state index contributed by atoms with van der Waals surface area (Å²) in [5.74, 6) is 1.52. The second-order valence-electron chi connectivity index (χ2n) is 7.20. The Labute approximate surface area is 170 Å². The third kappa shape index (κ3) is 4.04. The fourth-order valence-electron chi connectivity index (χ4n) is 3.50. The molecule has 4 rings (SSSR count). The van der Waals surface area contributed by atoms with Crippen molar-refractivity contribution in [3.05, 3.63) is 60.0 Å². The Morgan fingerprint density at radius 3 is 2.72 bits per heavy atom. The minimum absolute atomic E-state index is 0.129. The van der Waals surface area contributed by atoms with Crippen LogP contribution < -0.4 is 4.74 Å². The summed E-state index contributed by atoms with van der Waals surface area (Å²) < 4.78 is 38.3. The lowest BCUT2D eigenvalue weighted by Crippen LogP contribution is -2.39. The third-order valence-electron chi connectivity index (χ3n) is 5.16. The van der Waals surface area contributed by atoms with Crippen LogP contribution in [0.2, 0.25) is 0 Å². The monoisotopic (exact) mass is 413 g/mol. The molecule has 0 unspecified atom stereocenters. The van der Waals surface area contributed by atoms with Crippen LogP contribution in [0.4, 0.5) is 0 Å². The maximum Gasteiger partial charge on any atom is 0.243 e. The lowest BCUT2D eigenvalue weighted by Gasteiger charge is -2.30. The molecule has 1 aliphatic heterocycles. The molecule has 7 nitrogen and oxygen atoms in total. The highest BCUT2D eigenvalue weighted by atomic mass is 32.2. The second kappa shape index (κ2) is 7.96. The van der Waals surface area contributed by atoms with Gasteiger partial charge in [-0.2, -0.15) is 9.29 Å². The molecule has 152 valence electrons. The highest BCUT2D eigenvalue weighted by molar-refractivity contribution is 7.89. The number of ether oxygens (including phenoxy) is 1. The van der Waals surface area contributed by atoms with Crippen molar-refractivity contribution in [1.82, 2.24) is 14.4 Å². The Bertz CT molecular complexity index is 1090. The molecule has 1 saturated heterocycles. The van der Waals surface area contributed by atoms with E-state index in [-0.39, 0.29) is 5.92 Å². The number of methoxy groups -OCH3 is 1. The van der Waals surface area contributed by atoms with E-state index in [0.717, 1.165) is 24.0 Å². The molecule has 3 aromatic rings. The van der Waals surface area contributed by atoms with Crippen LogP contribution in [-0.2, 0) is 10.0 Å². The Balaban J connectivity index is 1.54. The number of hydrogen-bond acceptors (Lipinski definition) is 6. The van der Waals surface area contributed by atoms with Gasteiger partial charge in [-0.1, -0.05) is 35.0 Å². The molecular weight excluding hydrogens is 390 g/mol. The Morgan fingerprint density at radius 1 is 1.17 bits per heavy atom. The smallest absolute Gasteiger partial charge is 0.243 e. The van der Waals surface area contributed by atoms with Gasteiger partial charge >= 0.3 is 0 Å².